The lowest BCUT2D eigenvalue weighted by molar-refractivity contribution is -0.134. The number of imide groups is 1. The minimum Gasteiger partial charge on any atom is -0.448 e. The third kappa shape index (κ3) is 4.07. The Hall–Kier alpha value is -2.77. The van der Waals surface area contributed by atoms with Crippen LogP contribution in [0.25, 0.3) is 0 Å². The Labute approximate surface area is 182 Å². The number of nitrogens with zero attached hydrogens (tertiary/aromatic N) is 1. The summed E-state index contributed by atoms with van der Waals surface area (Å²) in [5.41, 5.74) is -0.353. The second-order valence-electron chi connectivity index (χ2n) is 8.79. The molecule has 2 heterocycles. The van der Waals surface area contributed by atoms with Crippen molar-refractivity contribution < 1.29 is 23.9 Å². The molecule has 8 heteroatoms. The molecule has 0 radical (unpaired) electrons. The van der Waals surface area contributed by atoms with E-state index in [1.807, 2.05) is 13.8 Å². The second kappa shape index (κ2) is 8.40. The molecule has 31 heavy (non-hydrogen) atoms. The van der Waals surface area contributed by atoms with Gasteiger partial charge in [0.1, 0.15) is 12.1 Å². The van der Waals surface area contributed by atoms with Crippen molar-refractivity contribution in [1.82, 2.24) is 10.2 Å². The van der Waals surface area contributed by atoms with Gasteiger partial charge in [-0.25, -0.2) is 4.79 Å². The SMILES string of the molecule is CCCC1(CCC)NC(=O)N(CC(=O)Nc2ccc3c(c2)OC2(CCCCC2)O3)C1=O. The maximum atomic E-state index is 13.0. The molecule has 1 spiro atoms. The average molecular weight is 430 g/mol. The zero-order valence-corrected chi connectivity index (χ0v) is 18.3. The molecule has 4 amide bonds. The first-order valence-corrected chi connectivity index (χ1v) is 11.4. The third-order valence-corrected chi connectivity index (χ3v) is 6.34. The number of nitrogens with one attached hydrogen (secondary N) is 2. The van der Waals surface area contributed by atoms with Crippen LogP contribution in [0, 0.1) is 0 Å². The number of rotatable bonds is 7. The molecule has 3 aliphatic rings. The Bertz CT molecular complexity index is 872. The van der Waals surface area contributed by atoms with Gasteiger partial charge in [0, 0.05) is 24.6 Å². The zero-order valence-electron chi connectivity index (χ0n) is 18.3. The van der Waals surface area contributed by atoms with Crippen molar-refractivity contribution >= 4 is 23.5 Å². The third-order valence-electron chi connectivity index (χ3n) is 6.34. The van der Waals surface area contributed by atoms with Crippen molar-refractivity contribution in [3.05, 3.63) is 18.2 Å². The summed E-state index contributed by atoms with van der Waals surface area (Å²) in [6.07, 6.45) is 7.70. The molecule has 1 saturated heterocycles. The highest BCUT2D eigenvalue weighted by Crippen LogP contribution is 2.46. The molecular formula is C23H31N3O5. The minimum absolute atomic E-state index is 0.318. The predicted molar refractivity (Wildman–Crippen MR) is 115 cm³/mol. The van der Waals surface area contributed by atoms with Gasteiger partial charge in [-0.15, -0.1) is 0 Å². The van der Waals surface area contributed by atoms with Gasteiger partial charge in [0.2, 0.25) is 5.91 Å². The monoisotopic (exact) mass is 429 g/mol. The fourth-order valence-electron chi connectivity index (χ4n) is 4.95. The quantitative estimate of drug-likeness (QED) is 0.640. The van der Waals surface area contributed by atoms with E-state index in [9.17, 15) is 14.4 Å². The molecule has 2 fully saturated rings. The Morgan fingerprint density at radius 1 is 1.06 bits per heavy atom. The van der Waals surface area contributed by atoms with Crippen LogP contribution in [0.4, 0.5) is 10.5 Å². The van der Waals surface area contributed by atoms with E-state index < -0.39 is 23.3 Å². The molecule has 1 saturated carbocycles. The Morgan fingerprint density at radius 3 is 2.42 bits per heavy atom. The van der Waals surface area contributed by atoms with Gasteiger partial charge in [-0.1, -0.05) is 33.1 Å². The van der Waals surface area contributed by atoms with Crippen molar-refractivity contribution in [2.45, 2.75) is 83.0 Å². The maximum Gasteiger partial charge on any atom is 0.325 e. The van der Waals surface area contributed by atoms with E-state index in [2.05, 4.69) is 10.6 Å². The van der Waals surface area contributed by atoms with Crippen molar-refractivity contribution in [1.29, 1.82) is 0 Å². The van der Waals surface area contributed by atoms with Gasteiger partial charge in [-0.3, -0.25) is 14.5 Å². The highest BCUT2D eigenvalue weighted by Gasteiger charge is 2.50. The fourth-order valence-corrected chi connectivity index (χ4v) is 4.95. The van der Waals surface area contributed by atoms with Crippen LogP contribution >= 0.6 is 0 Å². The van der Waals surface area contributed by atoms with Gasteiger partial charge in [0.25, 0.3) is 11.7 Å². The number of hydrogen-bond acceptors (Lipinski definition) is 5. The van der Waals surface area contributed by atoms with Crippen LogP contribution in [0.5, 0.6) is 11.5 Å². The van der Waals surface area contributed by atoms with Crippen LogP contribution in [0.15, 0.2) is 18.2 Å². The molecule has 1 aliphatic carbocycles. The first-order chi connectivity index (χ1) is 14.9. The van der Waals surface area contributed by atoms with Gasteiger partial charge in [0.05, 0.1) is 0 Å². The average Bonchev–Trinajstić information content (AvgIpc) is 3.18. The Kier molecular flexibility index (Phi) is 5.81. The zero-order chi connectivity index (χ0) is 22.1. The number of anilines is 1. The van der Waals surface area contributed by atoms with Gasteiger partial charge >= 0.3 is 6.03 Å². The Morgan fingerprint density at radius 2 is 1.74 bits per heavy atom. The number of carbonyl (C=O) groups excluding carboxylic acids is 3. The molecule has 1 aromatic rings. The lowest BCUT2D eigenvalue weighted by Gasteiger charge is -2.31. The minimum atomic E-state index is -0.895. The second-order valence-corrected chi connectivity index (χ2v) is 8.79. The van der Waals surface area contributed by atoms with E-state index in [0.717, 1.165) is 43.4 Å². The first kappa shape index (κ1) is 21.5. The van der Waals surface area contributed by atoms with E-state index in [-0.39, 0.29) is 12.5 Å². The highest BCUT2D eigenvalue weighted by atomic mass is 16.7. The first-order valence-electron chi connectivity index (χ1n) is 11.4. The van der Waals surface area contributed by atoms with E-state index in [0.29, 0.717) is 30.0 Å². The smallest absolute Gasteiger partial charge is 0.325 e. The molecule has 0 aromatic heterocycles. The highest BCUT2D eigenvalue weighted by molar-refractivity contribution is 6.10. The number of fused-ring (bicyclic) bond motifs is 1. The lowest BCUT2D eigenvalue weighted by atomic mass is 9.88. The number of carbonyl (C=O) groups is 3. The van der Waals surface area contributed by atoms with E-state index in [1.54, 1.807) is 18.2 Å². The molecule has 2 aliphatic heterocycles. The van der Waals surface area contributed by atoms with Crippen LogP contribution in [-0.2, 0) is 9.59 Å². The summed E-state index contributed by atoms with van der Waals surface area (Å²) in [5.74, 6) is -0.0390. The predicted octanol–water partition coefficient (Wildman–Crippen LogP) is 3.95. The fraction of sp³-hybridized carbons (Fsp3) is 0.609. The van der Waals surface area contributed by atoms with Crippen molar-refractivity contribution in [3.8, 4) is 11.5 Å². The summed E-state index contributed by atoms with van der Waals surface area (Å²) in [7, 11) is 0. The number of ether oxygens (including phenoxy) is 2. The van der Waals surface area contributed by atoms with Gasteiger partial charge in [-0.05, 0) is 37.8 Å². The molecule has 1 aromatic carbocycles. The lowest BCUT2D eigenvalue weighted by Crippen LogP contribution is -2.47. The molecule has 4 rings (SSSR count). The largest absolute Gasteiger partial charge is 0.448 e. The normalized spacial score (nSPS) is 20.8. The van der Waals surface area contributed by atoms with Crippen molar-refractivity contribution in [3.63, 3.8) is 0 Å². The molecule has 2 N–H and O–H groups in total. The van der Waals surface area contributed by atoms with Crippen LogP contribution in [0.2, 0.25) is 0 Å². The number of benzene rings is 1. The van der Waals surface area contributed by atoms with Crippen molar-refractivity contribution in [2.24, 2.45) is 0 Å². The molecule has 168 valence electrons. The van der Waals surface area contributed by atoms with E-state index in [1.165, 1.54) is 6.42 Å². The number of urea groups is 1. The molecule has 0 bridgehead atoms. The maximum absolute atomic E-state index is 13.0. The number of hydrogen-bond donors (Lipinski definition) is 2. The van der Waals surface area contributed by atoms with Gasteiger partial charge < -0.3 is 20.1 Å². The van der Waals surface area contributed by atoms with Crippen LogP contribution in [0.3, 0.4) is 0 Å². The summed E-state index contributed by atoms with van der Waals surface area (Å²) < 4.78 is 12.2. The standard InChI is InChI=1S/C23H31N3O5/c1-3-10-22(11-4-2)20(28)26(21(29)25-22)15-19(27)24-16-8-9-17-18(14-16)31-23(30-17)12-6-5-7-13-23/h8-9,14H,3-7,10-13,15H2,1-2H3,(H,24,27)(H,25,29). The summed E-state index contributed by atoms with van der Waals surface area (Å²) >= 11 is 0. The molecule has 8 nitrogen and oxygen atoms in total. The Balaban J connectivity index is 1.40. The molecule has 0 unspecified atom stereocenters. The summed E-state index contributed by atoms with van der Waals surface area (Å²) in [4.78, 5) is 39.0. The summed E-state index contributed by atoms with van der Waals surface area (Å²) in [6, 6.07) is 4.76. The van der Waals surface area contributed by atoms with E-state index >= 15 is 0 Å². The number of amides is 4. The van der Waals surface area contributed by atoms with Gasteiger partial charge in [-0.2, -0.15) is 0 Å². The van der Waals surface area contributed by atoms with Crippen LogP contribution in [-0.4, -0.2) is 40.6 Å². The topological polar surface area (TPSA) is 97.0 Å². The van der Waals surface area contributed by atoms with E-state index in [4.69, 9.17) is 9.47 Å². The summed E-state index contributed by atoms with van der Waals surface area (Å²) in [6.45, 7) is 3.63. The van der Waals surface area contributed by atoms with Crippen molar-refractivity contribution in [2.75, 3.05) is 11.9 Å². The molecule has 0 atom stereocenters. The van der Waals surface area contributed by atoms with Gasteiger partial charge in [0.15, 0.2) is 11.5 Å². The van der Waals surface area contributed by atoms with Crippen LogP contribution < -0.4 is 20.1 Å². The van der Waals surface area contributed by atoms with Crippen LogP contribution in [0.1, 0.15) is 71.6 Å². The summed E-state index contributed by atoms with van der Waals surface area (Å²) in [5, 5.41) is 5.60. The molecular weight excluding hydrogens is 398 g/mol.